The highest BCUT2D eigenvalue weighted by Crippen LogP contribution is 2.30. The van der Waals surface area contributed by atoms with Crippen molar-refractivity contribution in [2.45, 2.75) is 52.0 Å². The van der Waals surface area contributed by atoms with Gasteiger partial charge >= 0.3 is 0 Å². The monoisotopic (exact) mass is 285 g/mol. The highest BCUT2D eigenvalue weighted by Gasteiger charge is 2.23. The lowest BCUT2D eigenvalue weighted by atomic mass is 9.83. The van der Waals surface area contributed by atoms with Crippen LogP contribution in [0, 0.1) is 12.8 Å². The summed E-state index contributed by atoms with van der Waals surface area (Å²) < 4.78 is 1.72. The van der Waals surface area contributed by atoms with E-state index >= 15 is 0 Å². The van der Waals surface area contributed by atoms with Crippen LogP contribution in [-0.2, 0) is 0 Å². The molecule has 0 bridgehead atoms. The summed E-state index contributed by atoms with van der Waals surface area (Å²) >= 11 is 0. The van der Waals surface area contributed by atoms with E-state index in [2.05, 4.69) is 52.9 Å². The van der Waals surface area contributed by atoms with Crippen molar-refractivity contribution >= 4 is 5.69 Å². The molecule has 0 aliphatic heterocycles. The van der Waals surface area contributed by atoms with Crippen LogP contribution in [0.4, 0.5) is 5.69 Å². The van der Waals surface area contributed by atoms with Crippen molar-refractivity contribution in [3.8, 4) is 5.69 Å². The normalized spacial score (nSPS) is 22.2. The number of aryl methyl sites for hydroxylation is 1. The Morgan fingerprint density at radius 3 is 2.90 bits per heavy atom. The van der Waals surface area contributed by atoms with E-state index in [1.54, 1.807) is 11.0 Å². The molecule has 1 heterocycles. The van der Waals surface area contributed by atoms with Crippen LogP contribution < -0.4 is 5.32 Å². The predicted octanol–water partition coefficient (Wildman–Crippen LogP) is 3.35. The van der Waals surface area contributed by atoms with E-state index in [1.807, 2.05) is 0 Å². The van der Waals surface area contributed by atoms with Gasteiger partial charge in [-0.05, 0) is 53.8 Å². The maximum Gasteiger partial charge on any atom is 0.143 e. The molecule has 1 aromatic heterocycles. The van der Waals surface area contributed by atoms with E-state index in [0.29, 0.717) is 6.04 Å². The minimum absolute atomic E-state index is 0.591. The first kappa shape index (κ1) is 14.0. The minimum atomic E-state index is 0.591. The lowest BCUT2D eigenvalue weighted by molar-refractivity contribution is 0.317. The molecule has 1 aromatic carbocycles. The fraction of sp³-hybridized carbons (Fsp3) is 0.562. The van der Waals surface area contributed by atoms with Crippen LogP contribution in [0.15, 0.2) is 24.5 Å². The van der Waals surface area contributed by atoms with Gasteiger partial charge in [-0.15, -0.1) is 5.10 Å². The fourth-order valence-corrected chi connectivity index (χ4v) is 3.32. The van der Waals surface area contributed by atoms with Gasteiger partial charge in [0.1, 0.15) is 6.33 Å². The van der Waals surface area contributed by atoms with E-state index < -0.39 is 0 Å². The number of hydrogen-bond acceptors (Lipinski definition) is 4. The average Bonchev–Trinajstić information content (AvgIpc) is 3.04. The first-order valence-electron chi connectivity index (χ1n) is 7.88. The molecule has 1 aliphatic carbocycles. The summed E-state index contributed by atoms with van der Waals surface area (Å²) in [6.07, 6.45) is 8.22. The summed E-state index contributed by atoms with van der Waals surface area (Å²) in [6.45, 7) is 4.38. The number of nitrogens with one attached hydrogen (secondary N) is 1. The SMILES string of the molecule is CCC1CCCCC1Nc1ccc(C)c(-n2cnnn2)c1. The number of nitrogens with zero attached hydrogens (tertiary/aromatic N) is 4. The van der Waals surface area contributed by atoms with Crippen molar-refractivity contribution in [1.82, 2.24) is 20.2 Å². The van der Waals surface area contributed by atoms with Gasteiger partial charge in [0.05, 0.1) is 5.69 Å². The van der Waals surface area contributed by atoms with E-state index in [0.717, 1.165) is 17.3 Å². The summed E-state index contributed by atoms with van der Waals surface area (Å²) in [5, 5.41) is 15.2. The van der Waals surface area contributed by atoms with Crippen LogP contribution in [-0.4, -0.2) is 26.2 Å². The Bertz CT molecular complexity index is 578. The van der Waals surface area contributed by atoms with Crippen LogP contribution in [0.2, 0.25) is 0 Å². The van der Waals surface area contributed by atoms with Gasteiger partial charge in [0.25, 0.3) is 0 Å². The Hall–Kier alpha value is -1.91. The molecular weight excluding hydrogens is 262 g/mol. The van der Waals surface area contributed by atoms with Gasteiger partial charge in [0.2, 0.25) is 0 Å². The van der Waals surface area contributed by atoms with E-state index in [1.165, 1.54) is 37.7 Å². The predicted molar refractivity (Wildman–Crippen MR) is 83.6 cm³/mol. The van der Waals surface area contributed by atoms with Gasteiger partial charge in [-0.2, -0.15) is 0 Å². The van der Waals surface area contributed by atoms with Crippen LogP contribution in [0.5, 0.6) is 0 Å². The molecule has 1 fully saturated rings. The van der Waals surface area contributed by atoms with Crippen molar-refractivity contribution in [2.24, 2.45) is 5.92 Å². The zero-order valence-corrected chi connectivity index (χ0v) is 12.8. The molecule has 2 atom stereocenters. The molecule has 1 saturated carbocycles. The summed E-state index contributed by atoms with van der Waals surface area (Å²) in [6, 6.07) is 7.02. The van der Waals surface area contributed by atoms with Crippen LogP contribution in [0.25, 0.3) is 5.69 Å². The second kappa shape index (κ2) is 6.24. The van der Waals surface area contributed by atoms with Crippen LogP contribution >= 0.6 is 0 Å². The molecule has 0 radical (unpaired) electrons. The van der Waals surface area contributed by atoms with Gasteiger partial charge in [0.15, 0.2) is 0 Å². The molecule has 0 saturated heterocycles. The Kier molecular flexibility index (Phi) is 4.18. The number of aromatic nitrogens is 4. The number of anilines is 1. The van der Waals surface area contributed by atoms with Crippen molar-refractivity contribution in [3.05, 3.63) is 30.1 Å². The maximum absolute atomic E-state index is 3.99. The second-order valence-corrected chi connectivity index (χ2v) is 5.96. The fourth-order valence-electron chi connectivity index (χ4n) is 3.32. The highest BCUT2D eigenvalue weighted by molar-refractivity contribution is 5.55. The molecule has 2 aromatic rings. The zero-order valence-electron chi connectivity index (χ0n) is 12.8. The number of hydrogen-bond donors (Lipinski definition) is 1. The molecule has 3 rings (SSSR count). The third-order valence-electron chi connectivity index (χ3n) is 4.59. The van der Waals surface area contributed by atoms with E-state index in [9.17, 15) is 0 Å². The van der Waals surface area contributed by atoms with Gasteiger partial charge in [0, 0.05) is 11.7 Å². The molecule has 0 amide bonds. The van der Waals surface area contributed by atoms with Crippen molar-refractivity contribution in [3.63, 3.8) is 0 Å². The third-order valence-corrected chi connectivity index (χ3v) is 4.59. The summed E-state index contributed by atoms with van der Waals surface area (Å²) in [5.41, 5.74) is 3.37. The van der Waals surface area contributed by atoms with Crippen LogP contribution in [0.1, 0.15) is 44.6 Å². The van der Waals surface area contributed by atoms with Gasteiger partial charge in [-0.3, -0.25) is 0 Å². The summed E-state index contributed by atoms with van der Waals surface area (Å²) in [5.74, 6) is 0.788. The Morgan fingerprint density at radius 2 is 2.14 bits per heavy atom. The molecule has 5 nitrogen and oxygen atoms in total. The van der Waals surface area contributed by atoms with Gasteiger partial charge in [-0.1, -0.05) is 32.3 Å². The molecule has 5 heteroatoms. The quantitative estimate of drug-likeness (QED) is 0.936. The van der Waals surface area contributed by atoms with Gasteiger partial charge < -0.3 is 5.32 Å². The Morgan fingerprint density at radius 1 is 1.29 bits per heavy atom. The molecule has 21 heavy (non-hydrogen) atoms. The average molecular weight is 285 g/mol. The van der Waals surface area contributed by atoms with Crippen LogP contribution in [0.3, 0.4) is 0 Å². The zero-order chi connectivity index (χ0) is 14.7. The summed E-state index contributed by atoms with van der Waals surface area (Å²) in [7, 11) is 0. The lowest BCUT2D eigenvalue weighted by Gasteiger charge is -2.32. The molecule has 2 unspecified atom stereocenters. The first-order chi connectivity index (χ1) is 10.3. The molecule has 1 N–H and O–H groups in total. The lowest BCUT2D eigenvalue weighted by Crippen LogP contribution is -2.31. The van der Waals surface area contributed by atoms with Crippen molar-refractivity contribution < 1.29 is 0 Å². The molecule has 112 valence electrons. The Labute approximate surface area is 125 Å². The summed E-state index contributed by atoms with van der Waals surface area (Å²) in [4.78, 5) is 0. The van der Waals surface area contributed by atoms with Gasteiger partial charge in [-0.25, -0.2) is 4.68 Å². The third kappa shape index (κ3) is 3.06. The van der Waals surface area contributed by atoms with Crippen molar-refractivity contribution in [2.75, 3.05) is 5.32 Å². The second-order valence-electron chi connectivity index (χ2n) is 5.96. The molecular formula is C16H23N5. The molecule has 1 aliphatic rings. The number of tetrazole rings is 1. The standard InChI is InChI=1S/C16H23N5/c1-3-13-6-4-5-7-15(13)18-14-9-8-12(2)16(10-14)21-11-17-19-20-21/h8-11,13,15,18H,3-7H2,1-2H3. The Balaban J connectivity index is 1.81. The number of benzene rings is 1. The largest absolute Gasteiger partial charge is 0.382 e. The van der Waals surface area contributed by atoms with E-state index in [4.69, 9.17) is 0 Å². The van der Waals surface area contributed by atoms with Crippen molar-refractivity contribution in [1.29, 1.82) is 0 Å². The minimum Gasteiger partial charge on any atom is -0.382 e. The highest BCUT2D eigenvalue weighted by atomic mass is 15.5. The number of rotatable bonds is 4. The smallest absolute Gasteiger partial charge is 0.143 e. The maximum atomic E-state index is 3.99. The molecule has 0 spiro atoms. The first-order valence-corrected chi connectivity index (χ1v) is 7.88. The van der Waals surface area contributed by atoms with E-state index in [-0.39, 0.29) is 0 Å². The topological polar surface area (TPSA) is 55.6 Å².